The zero-order valence-electron chi connectivity index (χ0n) is 7.86. The number of methoxy groups -OCH3 is 2. The summed E-state index contributed by atoms with van der Waals surface area (Å²) in [5.41, 5.74) is 1.77. The minimum absolute atomic E-state index is 0.0357. The van der Waals surface area contributed by atoms with E-state index in [1.165, 1.54) is 0 Å². The fraction of sp³-hybridized carbons (Fsp3) is 0.400. The molecule has 1 aromatic rings. The van der Waals surface area contributed by atoms with Crippen LogP contribution in [0.2, 0.25) is 0 Å². The minimum Gasteiger partial charge on any atom is -0.392 e. The summed E-state index contributed by atoms with van der Waals surface area (Å²) < 4.78 is 10.2. The van der Waals surface area contributed by atoms with Crippen molar-refractivity contribution in [2.45, 2.75) is 12.9 Å². The summed E-state index contributed by atoms with van der Waals surface area (Å²) >= 11 is 0. The average Bonchev–Trinajstić information content (AvgIpc) is 2.20. The molecule has 0 saturated heterocycles. The van der Waals surface area contributed by atoms with Gasteiger partial charge in [0.1, 0.15) is 0 Å². The maximum Gasteiger partial charge on any atom is 0.183 e. The largest absolute Gasteiger partial charge is 0.392 e. The predicted octanol–water partition coefficient (Wildman–Crippen LogP) is 1.47. The van der Waals surface area contributed by atoms with Crippen LogP contribution in [0, 0.1) is 0 Å². The summed E-state index contributed by atoms with van der Waals surface area (Å²) in [6.45, 7) is 0.0357. The molecule has 1 N–H and O–H groups in total. The SMILES string of the molecule is COC(OC)c1cccc(CO)c1. The Labute approximate surface area is 77.9 Å². The molecule has 0 radical (unpaired) electrons. The van der Waals surface area contributed by atoms with E-state index in [2.05, 4.69) is 0 Å². The lowest BCUT2D eigenvalue weighted by molar-refractivity contribution is -0.106. The second kappa shape index (κ2) is 4.97. The van der Waals surface area contributed by atoms with Crippen molar-refractivity contribution in [1.29, 1.82) is 0 Å². The molecule has 0 fully saturated rings. The number of aliphatic hydroxyl groups excluding tert-OH is 1. The molecule has 3 heteroatoms. The standard InChI is InChI=1S/C10H14O3/c1-12-10(13-2)9-5-3-4-8(6-9)7-11/h3-6,10-11H,7H2,1-2H3. The smallest absolute Gasteiger partial charge is 0.183 e. The first-order chi connectivity index (χ1) is 6.31. The van der Waals surface area contributed by atoms with Gasteiger partial charge in [-0.3, -0.25) is 0 Å². The van der Waals surface area contributed by atoms with Crippen molar-refractivity contribution in [3.8, 4) is 0 Å². The number of ether oxygens (including phenoxy) is 2. The first-order valence-corrected chi connectivity index (χ1v) is 4.07. The van der Waals surface area contributed by atoms with Crippen LogP contribution in [-0.2, 0) is 16.1 Å². The fourth-order valence-electron chi connectivity index (χ4n) is 1.21. The Bertz CT molecular complexity index is 256. The lowest BCUT2D eigenvalue weighted by atomic mass is 10.1. The van der Waals surface area contributed by atoms with Gasteiger partial charge < -0.3 is 14.6 Å². The molecular weight excluding hydrogens is 168 g/mol. The Balaban J connectivity index is 2.86. The minimum atomic E-state index is -0.355. The van der Waals surface area contributed by atoms with E-state index in [1.54, 1.807) is 14.2 Å². The van der Waals surface area contributed by atoms with Crippen molar-refractivity contribution in [2.75, 3.05) is 14.2 Å². The van der Waals surface area contributed by atoms with Crippen LogP contribution in [-0.4, -0.2) is 19.3 Å². The molecule has 0 atom stereocenters. The Morgan fingerprint density at radius 3 is 2.54 bits per heavy atom. The van der Waals surface area contributed by atoms with E-state index < -0.39 is 0 Å². The predicted molar refractivity (Wildman–Crippen MR) is 49.1 cm³/mol. The third kappa shape index (κ3) is 2.52. The maximum atomic E-state index is 8.91. The van der Waals surface area contributed by atoms with Gasteiger partial charge in [0.2, 0.25) is 0 Å². The topological polar surface area (TPSA) is 38.7 Å². The molecule has 0 aliphatic carbocycles. The van der Waals surface area contributed by atoms with Crippen molar-refractivity contribution in [3.05, 3.63) is 35.4 Å². The second-order valence-corrected chi connectivity index (χ2v) is 2.71. The van der Waals surface area contributed by atoms with Crippen molar-refractivity contribution in [2.24, 2.45) is 0 Å². The summed E-state index contributed by atoms with van der Waals surface area (Å²) in [7, 11) is 3.17. The van der Waals surface area contributed by atoms with Gasteiger partial charge >= 0.3 is 0 Å². The van der Waals surface area contributed by atoms with Crippen LogP contribution in [0.5, 0.6) is 0 Å². The van der Waals surface area contributed by atoms with Crippen molar-refractivity contribution < 1.29 is 14.6 Å². The van der Waals surface area contributed by atoms with E-state index >= 15 is 0 Å². The van der Waals surface area contributed by atoms with Crippen LogP contribution >= 0.6 is 0 Å². The van der Waals surface area contributed by atoms with E-state index in [1.807, 2.05) is 24.3 Å². The Kier molecular flexibility index (Phi) is 3.89. The molecule has 0 spiro atoms. The van der Waals surface area contributed by atoms with E-state index in [0.717, 1.165) is 11.1 Å². The molecule has 72 valence electrons. The number of aliphatic hydroxyl groups is 1. The molecule has 0 saturated carbocycles. The quantitative estimate of drug-likeness (QED) is 0.717. The van der Waals surface area contributed by atoms with Gasteiger partial charge in [-0.05, 0) is 11.6 Å². The summed E-state index contributed by atoms with van der Waals surface area (Å²) in [4.78, 5) is 0. The highest BCUT2D eigenvalue weighted by Gasteiger charge is 2.08. The Morgan fingerprint density at radius 2 is 2.00 bits per heavy atom. The van der Waals surface area contributed by atoms with Gasteiger partial charge in [-0.1, -0.05) is 18.2 Å². The third-order valence-electron chi connectivity index (χ3n) is 1.83. The Morgan fingerprint density at radius 1 is 1.31 bits per heavy atom. The van der Waals surface area contributed by atoms with Gasteiger partial charge in [0.15, 0.2) is 6.29 Å². The molecule has 1 aromatic carbocycles. The highest BCUT2D eigenvalue weighted by Crippen LogP contribution is 2.18. The molecule has 0 aromatic heterocycles. The highest BCUT2D eigenvalue weighted by molar-refractivity contribution is 5.23. The van der Waals surface area contributed by atoms with Gasteiger partial charge in [-0.15, -0.1) is 0 Å². The summed E-state index contributed by atoms with van der Waals surface area (Å²) in [5, 5.41) is 8.91. The molecule has 3 nitrogen and oxygen atoms in total. The van der Waals surface area contributed by atoms with Gasteiger partial charge in [0, 0.05) is 19.8 Å². The lowest BCUT2D eigenvalue weighted by Crippen LogP contribution is -2.03. The summed E-state index contributed by atoms with van der Waals surface area (Å²) in [5.74, 6) is 0. The molecule has 1 rings (SSSR count). The van der Waals surface area contributed by atoms with Gasteiger partial charge in [-0.2, -0.15) is 0 Å². The van der Waals surface area contributed by atoms with E-state index in [9.17, 15) is 0 Å². The van der Waals surface area contributed by atoms with E-state index in [4.69, 9.17) is 14.6 Å². The first-order valence-electron chi connectivity index (χ1n) is 4.07. The molecule has 0 heterocycles. The number of rotatable bonds is 4. The molecule has 13 heavy (non-hydrogen) atoms. The summed E-state index contributed by atoms with van der Waals surface area (Å²) in [6.07, 6.45) is -0.355. The van der Waals surface area contributed by atoms with Gasteiger partial charge in [-0.25, -0.2) is 0 Å². The Hall–Kier alpha value is -0.900. The molecule has 0 amide bonds. The highest BCUT2D eigenvalue weighted by atomic mass is 16.7. The average molecular weight is 182 g/mol. The second-order valence-electron chi connectivity index (χ2n) is 2.71. The van der Waals surface area contributed by atoms with Crippen LogP contribution in [0.1, 0.15) is 17.4 Å². The molecule has 0 bridgehead atoms. The fourth-order valence-corrected chi connectivity index (χ4v) is 1.21. The van der Waals surface area contributed by atoms with Gasteiger partial charge in [0.05, 0.1) is 6.61 Å². The molecular formula is C10H14O3. The van der Waals surface area contributed by atoms with Crippen molar-refractivity contribution in [3.63, 3.8) is 0 Å². The molecule has 0 aliphatic rings. The molecule has 0 unspecified atom stereocenters. The zero-order valence-corrected chi connectivity index (χ0v) is 7.86. The van der Waals surface area contributed by atoms with Gasteiger partial charge in [0.25, 0.3) is 0 Å². The van der Waals surface area contributed by atoms with Crippen molar-refractivity contribution >= 4 is 0 Å². The summed E-state index contributed by atoms with van der Waals surface area (Å²) in [6, 6.07) is 7.48. The lowest BCUT2D eigenvalue weighted by Gasteiger charge is -2.13. The maximum absolute atomic E-state index is 8.91. The van der Waals surface area contributed by atoms with Crippen molar-refractivity contribution in [1.82, 2.24) is 0 Å². The van der Waals surface area contributed by atoms with E-state index in [0.29, 0.717) is 0 Å². The number of hydrogen-bond donors (Lipinski definition) is 1. The zero-order chi connectivity index (χ0) is 9.68. The third-order valence-corrected chi connectivity index (χ3v) is 1.83. The molecule has 0 aliphatic heterocycles. The normalized spacial score (nSPS) is 10.8. The van der Waals surface area contributed by atoms with E-state index in [-0.39, 0.29) is 12.9 Å². The van der Waals surface area contributed by atoms with Crippen LogP contribution in [0.4, 0.5) is 0 Å². The van der Waals surface area contributed by atoms with Crippen LogP contribution in [0.3, 0.4) is 0 Å². The monoisotopic (exact) mass is 182 g/mol. The van der Waals surface area contributed by atoms with Crippen LogP contribution < -0.4 is 0 Å². The van der Waals surface area contributed by atoms with Crippen LogP contribution in [0.25, 0.3) is 0 Å². The number of benzene rings is 1. The number of hydrogen-bond acceptors (Lipinski definition) is 3. The van der Waals surface area contributed by atoms with Crippen LogP contribution in [0.15, 0.2) is 24.3 Å². The first kappa shape index (κ1) is 10.2.